The minimum atomic E-state index is -1.02. The zero-order valence-electron chi connectivity index (χ0n) is 12.7. The molecule has 0 aliphatic rings. The number of aromatic nitrogens is 1. The molecule has 0 saturated carbocycles. The summed E-state index contributed by atoms with van der Waals surface area (Å²) in [6, 6.07) is 0. The van der Waals surface area contributed by atoms with Crippen LogP contribution in [0, 0.1) is 5.95 Å². The van der Waals surface area contributed by atoms with Crippen LogP contribution in [-0.2, 0) is 9.53 Å². The van der Waals surface area contributed by atoms with Gasteiger partial charge in [0.15, 0.2) is 6.10 Å². The van der Waals surface area contributed by atoms with Crippen molar-refractivity contribution < 1.29 is 18.7 Å². The Bertz CT molecular complexity index is 543. The van der Waals surface area contributed by atoms with Gasteiger partial charge in [-0.25, -0.2) is 4.79 Å². The number of rotatable bonds is 7. The molecule has 0 spiro atoms. The molecule has 1 rings (SSSR count). The molecule has 0 amide bonds. The van der Waals surface area contributed by atoms with E-state index in [9.17, 15) is 9.18 Å². The lowest BCUT2D eigenvalue weighted by Gasteiger charge is -2.18. The Morgan fingerprint density at radius 3 is 2.59 bits per heavy atom. The van der Waals surface area contributed by atoms with Crippen LogP contribution in [0.5, 0.6) is 5.88 Å². The van der Waals surface area contributed by atoms with Gasteiger partial charge in [-0.3, -0.25) is 0 Å². The summed E-state index contributed by atoms with van der Waals surface area (Å²) in [5.41, 5.74) is 5.34. The molecule has 8 heteroatoms. The maximum Gasteiger partial charge on any atom is 0.347 e. The van der Waals surface area contributed by atoms with Crippen LogP contribution in [0.4, 0.5) is 10.1 Å². The molecule has 1 aromatic heterocycles. The molecule has 0 bridgehead atoms. The van der Waals surface area contributed by atoms with Crippen LogP contribution in [0.15, 0.2) is 0 Å². The number of pyridine rings is 1. The smallest absolute Gasteiger partial charge is 0.347 e. The van der Waals surface area contributed by atoms with Crippen LogP contribution in [0.1, 0.15) is 40.0 Å². The quantitative estimate of drug-likeness (QED) is 0.592. The third kappa shape index (κ3) is 4.88. The standard InChI is InChI=1S/C14H19Cl2FN2O3/c1-4-5-6-7(2)21-14(20)8(3)22-13-10(16)11(18)9(15)12(17)19-13/h7-8H,4-6H2,1-3H3,(H2,18,19)/t7?,8-/m1/s1. The molecule has 5 nitrogen and oxygen atoms in total. The van der Waals surface area contributed by atoms with Gasteiger partial charge in [0.25, 0.3) is 0 Å². The molecule has 1 heterocycles. The van der Waals surface area contributed by atoms with Gasteiger partial charge in [-0.2, -0.15) is 9.37 Å². The maximum atomic E-state index is 13.4. The molecule has 1 unspecified atom stereocenters. The monoisotopic (exact) mass is 352 g/mol. The van der Waals surface area contributed by atoms with Crippen LogP contribution in [0.2, 0.25) is 10.0 Å². The molecule has 1 aromatic rings. The summed E-state index contributed by atoms with van der Waals surface area (Å²) in [7, 11) is 0. The Morgan fingerprint density at radius 2 is 2.00 bits per heavy atom. The van der Waals surface area contributed by atoms with E-state index in [1.165, 1.54) is 6.92 Å². The van der Waals surface area contributed by atoms with Crippen molar-refractivity contribution in [2.45, 2.75) is 52.2 Å². The van der Waals surface area contributed by atoms with E-state index in [4.69, 9.17) is 38.4 Å². The molecule has 0 aromatic carbocycles. The van der Waals surface area contributed by atoms with Crippen molar-refractivity contribution in [1.29, 1.82) is 0 Å². The van der Waals surface area contributed by atoms with Gasteiger partial charge >= 0.3 is 5.97 Å². The van der Waals surface area contributed by atoms with Crippen molar-refractivity contribution >= 4 is 34.9 Å². The van der Waals surface area contributed by atoms with Gasteiger partial charge in [-0.1, -0.05) is 43.0 Å². The highest BCUT2D eigenvalue weighted by Crippen LogP contribution is 2.35. The van der Waals surface area contributed by atoms with Gasteiger partial charge in [0.2, 0.25) is 11.8 Å². The number of carbonyl (C=O) groups is 1. The predicted octanol–water partition coefficient (Wildman–Crippen LogP) is 4.00. The predicted molar refractivity (Wildman–Crippen MR) is 83.8 cm³/mol. The number of hydrogen-bond donors (Lipinski definition) is 1. The van der Waals surface area contributed by atoms with Gasteiger partial charge in [0, 0.05) is 0 Å². The zero-order valence-corrected chi connectivity index (χ0v) is 14.2. The fourth-order valence-electron chi connectivity index (χ4n) is 1.65. The lowest BCUT2D eigenvalue weighted by atomic mass is 10.2. The SMILES string of the molecule is CCCCC(C)OC(=O)[C@@H](C)Oc1nc(F)c(Cl)c(N)c1Cl. The molecule has 0 aliphatic heterocycles. The van der Waals surface area contributed by atoms with E-state index in [0.29, 0.717) is 0 Å². The first kappa shape index (κ1) is 18.8. The minimum absolute atomic E-state index is 0.148. The lowest BCUT2D eigenvalue weighted by molar-refractivity contribution is -0.156. The lowest BCUT2D eigenvalue weighted by Crippen LogP contribution is -2.29. The molecule has 0 fully saturated rings. The van der Waals surface area contributed by atoms with E-state index in [2.05, 4.69) is 4.98 Å². The average Bonchev–Trinajstić information content (AvgIpc) is 2.48. The number of nitrogens with two attached hydrogens (primary N) is 1. The van der Waals surface area contributed by atoms with Crippen molar-refractivity contribution in [2.24, 2.45) is 0 Å². The van der Waals surface area contributed by atoms with Gasteiger partial charge in [-0.15, -0.1) is 0 Å². The summed E-state index contributed by atoms with van der Waals surface area (Å²) in [6.07, 6.45) is 1.49. The second kappa shape index (κ2) is 8.39. The van der Waals surface area contributed by atoms with Crippen LogP contribution >= 0.6 is 23.2 Å². The third-order valence-electron chi connectivity index (χ3n) is 2.94. The molecule has 0 radical (unpaired) electrons. The highest BCUT2D eigenvalue weighted by molar-refractivity contribution is 6.39. The Kier molecular flexibility index (Phi) is 7.16. The topological polar surface area (TPSA) is 74.4 Å². The van der Waals surface area contributed by atoms with Crippen LogP contribution in [0.25, 0.3) is 0 Å². The molecule has 2 atom stereocenters. The third-order valence-corrected chi connectivity index (χ3v) is 3.67. The number of esters is 1. The van der Waals surface area contributed by atoms with E-state index in [1.807, 2.05) is 6.92 Å². The number of unbranched alkanes of at least 4 members (excludes halogenated alkanes) is 1. The fourth-order valence-corrected chi connectivity index (χ4v) is 2.01. The Labute approximate surface area is 138 Å². The molecule has 2 N–H and O–H groups in total. The molecular weight excluding hydrogens is 334 g/mol. The number of carbonyl (C=O) groups excluding carboxylic acids is 1. The first-order valence-corrected chi connectivity index (χ1v) is 7.70. The van der Waals surface area contributed by atoms with Gasteiger partial charge in [0.05, 0.1) is 11.8 Å². The normalized spacial score (nSPS) is 13.5. The van der Waals surface area contributed by atoms with Crippen LogP contribution in [0.3, 0.4) is 0 Å². The summed E-state index contributed by atoms with van der Waals surface area (Å²) in [5, 5.41) is -0.536. The number of ether oxygens (including phenoxy) is 2. The largest absolute Gasteiger partial charge is 0.461 e. The van der Waals surface area contributed by atoms with E-state index in [-0.39, 0.29) is 27.7 Å². The van der Waals surface area contributed by atoms with Gasteiger partial charge in [0.1, 0.15) is 10.0 Å². The Morgan fingerprint density at radius 1 is 1.36 bits per heavy atom. The van der Waals surface area contributed by atoms with Gasteiger partial charge in [-0.05, 0) is 20.3 Å². The van der Waals surface area contributed by atoms with E-state index < -0.39 is 18.0 Å². The summed E-state index contributed by atoms with van der Waals surface area (Å²) < 4.78 is 23.9. The maximum absolute atomic E-state index is 13.4. The second-order valence-electron chi connectivity index (χ2n) is 4.90. The highest BCUT2D eigenvalue weighted by Gasteiger charge is 2.23. The molecule has 0 aliphatic carbocycles. The Balaban J connectivity index is 2.72. The molecule has 124 valence electrons. The van der Waals surface area contributed by atoms with Crippen molar-refractivity contribution in [3.05, 3.63) is 16.0 Å². The number of nitrogens with zero attached hydrogens (tertiary/aromatic N) is 1. The van der Waals surface area contributed by atoms with Crippen molar-refractivity contribution in [3.8, 4) is 5.88 Å². The number of hydrogen-bond acceptors (Lipinski definition) is 5. The first-order chi connectivity index (χ1) is 10.3. The Hall–Kier alpha value is -1.27. The van der Waals surface area contributed by atoms with Crippen LogP contribution in [-0.4, -0.2) is 23.2 Å². The molecular formula is C14H19Cl2FN2O3. The van der Waals surface area contributed by atoms with Crippen LogP contribution < -0.4 is 10.5 Å². The van der Waals surface area contributed by atoms with E-state index >= 15 is 0 Å². The summed E-state index contributed by atoms with van der Waals surface area (Å²) in [6.45, 7) is 5.30. The first-order valence-electron chi connectivity index (χ1n) is 6.95. The summed E-state index contributed by atoms with van der Waals surface area (Å²) >= 11 is 11.5. The zero-order chi connectivity index (χ0) is 16.9. The molecule has 0 saturated heterocycles. The molecule has 22 heavy (non-hydrogen) atoms. The number of nitrogen functional groups attached to an aromatic ring is 1. The summed E-state index contributed by atoms with van der Waals surface area (Å²) in [5.74, 6) is -1.91. The average molecular weight is 353 g/mol. The highest BCUT2D eigenvalue weighted by atomic mass is 35.5. The summed E-state index contributed by atoms with van der Waals surface area (Å²) in [4.78, 5) is 15.3. The minimum Gasteiger partial charge on any atom is -0.461 e. The fraction of sp³-hybridized carbons (Fsp3) is 0.571. The van der Waals surface area contributed by atoms with Gasteiger partial charge < -0.3 is 15.2 Å². The van der Waals surface area contributed by atoms with Crippen molar-refractivity contribution in [1.82, 2.24) is 4.98 Å². The second-order valence-corrected chi connectivity index (χ2v) is 5.66. The van der Waals surface area contributed by atoms with Crippen molar-refractivity contribution in [2.75, 3.05) is 5.73 Å². The number of anilines is 1. The number of halogens is 3. The van der Waals surface area contributed by atoms with E-state index in [1.54, 1.807) is 6.92 Å². The van der Waals surface area contributed by atoms with E-state index in [0.717, 1.165) is 19.3 Å². The van der Waals surface area contributed by atoms with Crippen molar-refractivity contribution in [3.63, 3.8) is 0 Å².